The predicted molar refractivity (Wildman–Crippen MR) is 67.9 cm³/mol. The largest absolute Gasteiger partial charge is 0.344 e. The lowest BCUT2D eigenvalue weighted by Crippen LogP contribution is -2.36. The SMILES string of the molecule is CC1=C(Cl)C(NC(=O)c2ccnc(F)c2)CCC1. The first-order valence-electron chi connectivity index (χ1n) is 5.85. The van der Waals surface area contributed by atoms with E-state index in [2.05, 4.69) is 10.3 Å². The molecule has 1 aromatic rings. The minimum Gasteiger partial charge on any atom is -0.344 e. The molecule has 0 radical (unpaired) electrons. The van der Waals surface area contributed by atoms with Crippen LogP contribution in [0.3, 0.4) is 0 Å². The Morgan fingerprint density at radius 1 is 1.61 bits per heavy atom. The highest BCUT2D eigenvalue weighted by molar-refractivity contribution is 6.30. The standard InChI is InChI=1S/C13H14ClFN2O/c1-8-3-2-4-10(12(8)14)17-13(18)9-5-6-16-11(15)7-9/h5-7,10H,2-4H2,1H3,(H,17,18). The smallest absolute Gasteiger partial charge is 0.252 e. The molecular formula is C13H14ClFN2O. The van der Waals surface area contributed by atoms with Crippen molar-refractivity contribution in [1.82, 2.24) is 10.3 Å². The zero-order valence-corrected chi connectivity index (χ0v) is 10.8. The van der Waals surface area contributed by atoms with Gasteiger partial charge >= 0.3 is 0 Å². The first kappa shape index (κ1) is 13.0. The second-order valence-corrected chi connectivity index (χ2v) is 4.82. The van der Waals surface area contributed by atoms with E-state index in [1.54, 1.807) is 0 Å². The Hall–Kier alpha value is -1.42. The Kier molecular flexibility index (Phi) is 3.97. The number of hydrogen-bond acceptors (Lipinski definition) is 2. The van der Waals surface area contributed by atoms with Gasteiger partial charge in [-0.3, -0.25) is 4.79 Å². The number of rotatable bonds is 2. The summed E-state index contributed by atoms with van der Waals surface area (Å²) < 4.78 is 12.9. The highest BCUT2D eigenvalue weighted by atomic mass is 35.5. The summed E-state index contributed by atoms with van der Waals surface area (Å²) in [5.41, 5.74) is 1.37. The molecule has 0 aromatic carbocycles. The highest BCUT2D eigenvalue weighted by Crippen LogP contribution is 2.27. The van der Waals surface area contributed by atoms with Gasteiger partial charge in [0.2, 0.25) is 5.95 Å². The fourth-order valence-electron chi connectivity index (χ4n) is 2.04. The summed E-state index contributed by atoms with van der Waals surface area (Å²) in [6.07, 6.45) is 4.05. The number of nitrogens with one attached hydrogen (secondary N) is 1. The number of hydrogen-bond donors (Lipinski definition) is 1. The van der Waals surface area contributed by atoms with E-state index in [0.29, 0.717) is 5.03 Å². The highest BCUT2D eigenvalue weighted by Gasteiger charge is 2.22. The van der Waals surface area contributed by atoms with Crippen molar-refractivity contribution in [2.45, 2.75) is 32.2 Å². The first-order chi connectivity index (χ1) is 8.58. The maximum absolute atomic E-state index is 12.9. The third kappa shape index (κ3) is 2.88. The van der Waals surface area contributed by atoms with Crippen LogP contribution < -0.4 is 5.32 Å². The fraction of sp³-hybridized carbons (Fsp3) is 0.385. The van der Waals surface area contributed by atoms with E-state index < -0.39 is 5.95 Å². The van der Waals surface area contributed by atoms with Crippen molar-refractivity contribution in [2.75, 3.05) is 0 Å². The average Bonchev–Trinajstić information content (AvgIpc) is 2.35. The Morgan fingerprint density at radius 2 is 2.39 bits per heavy atom. The van der Waals surface area contributed by atoms with Crippen molar-refractivity contribution in [3.63, 3.8) is 0 Å². The second kappa shape index (κ2) is 5.48. The van der Waals surface area contributed by atoms with Crippen LogP contribution in [-0.4, -0.2) is 16.9 Å². The molecule has 0 spiro atoms. The van der Waals surface area contributed by atoms with Gasteiger partial charge in [0, 0.05) is 22.9 Å². The minimum absolute atomic E-state index is 0.163. The topological polar surface area (TPSA) is 42.0 Å². The van der Waals surface area contributed by atoms with E-state index in [0.717, 1.165) is 30.9 Å². The Balaban J connectivity index is 2.10. The van der Waals surface area contributed by atoms with E-state index in [-0.39, 0.29) is 17.5 Å². The van der Waals surface area contributed by atoms with Crippen LogP contribution in [0.5, 0.6) is 0 Å². The van der Waals surface area contributed by atoms with Crippen molar-refractivity contribution in [3.05, 3.63) is 40.4 Å². The summed E-state index contributed by atoms with van der Waals surface area (Å²) in [7, 11) is 0. The van der Waals surface area contributed by atoms with Gasteiger partial charge in [-0.2, -0.15) is 4.39 Å². The number of halogens is 2. The molecule has 1 N–H and O–H groups in total. The lowest BCUT2D eigenvalue weighted by Gasteiger charge is -2.24. The number of nitrogens with zero attached hydrogens (tertiary/aromatic N) is 1. The Morgan fingerprint density at radius 3 is 3.11 bits per heavy atom. The number of aromatic nitrogens is 1. The first-order valence-corrected chi connectivity index (χ1v) is 6.23. The predicted octanol–water partition coefficient (Wildman–Crippen LogP) is 3.02. The van der Waals surface area contributed by atoms with Gasteiger partial charge in [0.15, 0.2) is 0 Å². The van der Waals surface area contributed by atoms with Gasteiger partial charge in [0.05, 0.1) is 6.04 Å². The van der Waals surface area contributed by atoms with Gasteiger partial charge in [-0.25, -0.2) is 4.98 Å². The lowest BCUT2D eigenvalue weighted by atomic mass is 9.96. The number of amides is 1. The maximum Gasteiger partial charge on any atom is 0.252 e. The minimum atomic E-state index is -0.663. The van der Waals surface area contributed by atoms with Gasteiger partial charge in [0.25, 0.3) is 5.91 Å². The molecule has 18 heavy (non-hydrogen) atoms. The summed E-state index contributed by atoms with van der Waals surface area (Å²) in [4.78, 5) is 15.3. The summed E-state index contributed by atoms with van der Waals surface area (Å²) in [6, 6.07) is 2.43. The Labute approximate surface area is 110 Å². The molecule has 1 atom stereocenters. The zero-order chi connectivity index (χ0) is 13.1. The van der Waals surface area contributed by atoms with Crippen LogP contribution in [0, 0.1) is 5.95 Å². The third-order valence-electron chi connectivity index (χ3n) is 3.05. The van der Waals surface area contributed by atoms with E-state index in [4.69, 9.17) is 11.6 Å². The molecule has 96 valence electrons. The summed E-state index contributed by atoms with van der Waals surface area (Å²) in [6.45, 7) is 1.97. The number of carbonyl (C=O) groups excluding carboxylic acids is 1. The molecule has 1 aromatic heterocycles. The van der Waals surface area contributed by atoms with Gasteiger partial charge in [-0.05, 0) is 32.3 Å². The molecule has 1 unspecified atom stereocenters. The summed E-state index contributed by atoms with van der Waals surface area (Å²) in [5, 5.41) is 3.52. The van der Waals surface area contributed by atoms with Gasteiger partial charge in [-0.15, -0.1) is 0 Å². The molecule has 0 aliphatic heterocycles. The van der Waals surface area contributed by atoms with Gasteiger partial charge < -0.3 is 5.32 Å². The monoisotopic (exact) mass is 268 g/mol. The van der Waals surface area contributed by atoms with Crippen molar-refractivity contribution < 1.29 is 9.18 Å². The fourth-order valence-corrected chi connectivity index (χ4v) is 2.29. The zero-order valence-electron chi connectivity index (χ0n) is 10.0. The molecule has 1 aliphatic carbocycles. The third-order valence-corrected chi connectivity index (χ3v) is 3.64. The normalized spacial score (nSPS) is 19.8. The van der Waals surface area contributed by atoms with E-state index in [1.165, 1.54) is 12.3 Å². The van der Waals surface area contributed by atoms with E-state index in [1.807, 2.05) is 6.92 Å². The number of allylic oxidation sites excluding steroid dienone is 1. The molecule has 2 rings (SSSR count). The van der Waals surface area contributed by atoms with Crippen LogP contribution in [0.2, 0.25) is 0 Å². The van der Waals surface area contributed by atoms with Crippen molar-refractivity contribution >= 4 is 17.5 Å². The van der Waals surface area contributed by atoms with Crippen molar-refractivity contribution in [3.8, 4) is 0 Å². The number of pyridine rings is 1. The van der Waals surface area contributed by atoms with Crippen LogP contribution in [0.25, 0.3) is 0 Å². The van der Waals surface area contributed by atoms with Gasteiger partial charge in [0.1, 0.15) is 0 Å². The lowest BCUT2D eigenvalue weighted by molar-refractivity contribution is 0.0940. The second-order valence-electron chi connectivity index (χ2n) is 4.41. The molecule has 0 saturated heterocycles. The van der Waals surface area contributed by atoms with E-state index >= 15 is 0 Å². The van der Waals surface area contributed by atoms with E-state index in [9.17, 15) is 9.18 Å². The Bertz CT molecular complexity index is 502. The van der Waals surface area contributed by atoms with Crippen molar-refractivity contribution in [2.24, 2.45) is 0 Å². The van der Waals surface area contributed by atoms with Crippen LogP contribution in [-0.2, 0) is 0 Å². The quantitative estimate of drug-likeness (QED) is 0.838. The van der Waals surface area contributed by atoms with Gasteiger partial charge in [-0.1, -0.05) is 17.2 Å². The van der Waals surface area contributed by atoms with Crippen molar-refractivity contribution in [1.29, 1.82) is 0 Å². The molecule has 0 saturated carbocycles. The molecule has 1 aliphatic rings. The average molecular weight is 269 g/mol. The molecule has 1 heterocycles. The maximum atomic E-state index is 12.9. The molecule has 3 nitrogen and oxygen atoms in total. The summed E-state index contributed by atoms with van der Waals surface area (Å²) in [5.74, 6) is -0.988. The molecular weight excluding hydrogens is 255 g/mol. The van der Waals surface area contributed by atoms with Crippen LogP contribution in [0.4, 0.5) is 4.39 Å². The van der Waals surface area contributed by atoms with Crippen LogP contribution in [0.15, 0.2) is 28.9 Å². The number of carbonyl (C=O) groups is 1. The molecule has 0 bridgehead atoms. The summed E-state index contributed by atoms with van der Waals surface area (Å²) >= 11 is 6.17. The molecule has 1 amide bonds. The van der Waals surface area contributed by atoms with Crippen LogP contribution in [0.1, 0.15) is 36.5 Å². The molecule has 5 heteroatoms. The molecule has 0 fully saturated rings. The van der Waals surface area contributed by atoms with Crippen LogP contribution >= 0.6 is 11.6 Å².